The zero-order valence-electron chi connectivity index (χ0n) is 13.7. The molecule has 2 aromatic carbocycles. The van der Waals surface area contributed by atoms with Crippen molar-refractivity contribution in [3.05, 3.63) is 65.5 Å². The van der Waals surface area contributed by atoms with Crippen LogP contribution in [0, 0.1) is 5.82 Å². The molecular weight excluding hydrogens is 311 g/mol. The number of halogens is 1. The van der Waals surface area contributed by atoms with Gasteiger partial charge in [-0.05, 0) is 23.8 Å². The highest BCUT2D eigenvalue weighted by Gasteiger charge is 2.25. The molecule has 5 nitrogen and oxygen atoms in total. The van der Waals surface area contributed by atoms with Crippen molar-refractivity contribution in [3.63, 3.8) is 0 Å². The first-order valence-electron chi connectivity index (χ1n) is 7.34. The molecule has 0 saturated carbocycles. The van der Waals surface area contributed by atoms with Gasteiger partial charge in [0.2, 0.25) is 5.91 Å². The maximum Gasteiger partial charge on any atom is 0.252 e. The van der Waals surface area contributed by atoms with Crippen LogP contribution >= 0.6 is 0 Å². The summed E-state index contributed by atoms with van der Waals surface area (Å²) in [6, 6.07) is 11.9. The Labute approximate surface area is 140 Å². The smallest absolute Gasteiger partial charge is 0.252 e. The summed E-state index contributed by atoms with van der Waals surface area (Å²) in [7, 11) is 4.55. The fourth-order valence-corrected chi connectivity index (χ4v) is 2.21. The second-order valence-corrected chi connectivity index (χ2v) is 5.40. The van der Waals surface area contributed by atoms with E-state index in [0.29, 0.717) is 5.56 Å². The van der Waals surface area contributed by atoms with Crippen LogP contribution in [-0.4, -0.2) is 37.9 Å². The zero-order chi connectivity index (χ0) is 17.7. The van der Waals surface area contributed by atoms with Crippen LogP contribution in [0.2, 0.25) is 0 Å². The van der Waals surface area contributed by atoms with Gasteiger partial charge in [0, 0.05) is 19.7 Å². The topological polar surface area (TPSA) is 58.6 Å². The molecule has 0 aliphatic heterocycles. The van der Waals surface area contributed by atoms with Crippen LogP contribution in [-0.2, 0) is 4.79 Å². The molecule has 0 aliphatic carbocycles. The maximum absolute atomic E-state index is 13.5. The second kappa shape index (κ2) is 7.59. The Morgan fingerprint density at radius 2 is 1.79 bits per heavy atom. The van der Waals surface area contributed by atoms with E-state index in [0.717, 1.165) is 6.07 Å². The lowest BCUT2D eigenvalue weighted by molar-refractivity contribution is -0.130. The molecular formula is C18H19FN2O3. The van der Waals surface area contributed by atoms with Crippen molar-refractivity contribution in [1.29, 1.82) is 0 Å². The van der Waals surface area contributed by atoms with Crippen LogP contribution < -0.4 is 10.1 Å². The first kappa shape index (κ1) is 17.5. The fourth-order valence-electron chi connectivity index (χ4n) is 2.21. The van der Waals surface area contributed by atoms with E-state index in [1.807, 2.05) is 6.07 Å². The molecule has 126 valence electrons. The largest absolute Gasteiger partial charge is 0.494 e. The average Bonchev–Trinajstić information content (AvgIpc) is 2.59. The normalized spacial score (nSPS) is 11.5. The SMILES string of the molecule is COc1cc(C(=O)N[C@H](C(=O)N(C)C)c2ccccc2)ccc1F. The molecule has 0 unspecified atom stereocenters. The van der Waals surface area contributed by atoms with Crippen molar-refractivity contribution < 1.29 is 18.7 Å². The molecule has 1 N–H and O–H groups in total. The Morgan fingerprint density at radius 1 is 1.12 bits per heavy atom. The van der Waals surface area contributed by atoms with Crippen LogP contribution in [0.25, 0.3) is 0 Å². The van der Waals surface area contributed by atoms with Crippen LogP contribution in [0.4, 0.5) is 4.39 Å². The predicted octanol–water partition coefficient (Wildman–Crippen LogP) is 2.39. The number of benzene rings is 2. The third-order valence-electron chi connectivity index (χ3n) is 3.51. The van der Waals surface area contributed by atoms with Crippen molar-refractivity contribution in [2.45, 2.75) is 6.04 Å². The number of methoxy groups -OCH3 is 1. The molecule has 0 radical (unpaired) electrons. The molecule has 2 amide bonds. The Bertz CT molecular complexity index is 732. The van der Waals surface area contributed by atoms with E-state index in [1.54, 1.807) is 38.4 Å². The van der Waals surface area contributed by atoms with Crippen molar-refractivity contribution in [2.24, 2.45) is 0 Å². The molecule has 0 bridgehead atoms. The number of nitrogens with zero attached hydrogens (tertiary/aromatic N) is 1. The average molecular weight is 330 g/mol. The van der Waals surface area contributed by atoms with E-state index in [-0.39, 0.29) is 17.2 Å². The number of amides is 2. The molecule has 0 aliphatic rings. The highest BCUT2D eigenvalue weighted by Crippen LogP contribution is 2.20. The summed E-state index contributed by atoms with van der Waals surface area (Å²) in [6.45, 7) is 0. The predicted molar refractivity (Wildman–Crippen MR) is 88.3 cm³/mol. The van der Waals surface area contributed by atoms with Gasteiger partial charge in [0.15, 0.2) is 11.6 Å². The van der Waals surface area contributed by atoms with Crippen molar-refractivity contribution in [3.8, 4) is 5.75 Å². The molecule has 2 rings (SSSR count). The van der Waals surface area contributed by atoms with Crippen LogP contribution in [0.3, 0.4) is 0 Å². The van der Waals surface area contributed by atoms with E-state index < -0.39 is 17.8 Å². The van der Waals surface area contributed by atoms with Crippen LogP contribution in [0.1, 0.15) is 22.0 Å². The number of nitrogens with one attached hydrogen (secondary N) is 1. The highest BCUT2D eigenvalue weighted by atomic mass is 19.1. The van der Waals surface area contributed by atoms with E-state index in [4.69, 9.17) is 4.74 Å². The number of rotatable bonds is 5. The minimum atomic E-state index is -0.829. The zero-order valence-corrected chi connectivity index (χ0v) is 13.7. The van der Waals surface area contributed by atoms with Gasteiger partial charge < -0.3 is 15.0 Å². The lowest BCUT2D eigenvalue weighted by atomic mass is 10.0. The van der Waals surface area contributed by atoms with Gasteiger partial charge in [0.1, 0.15) is 6.04 Å². The molecule has 2 aromatic rings. The molecule has 0 aromatic heterocycles. The number of hydrogen-bond acceptors (Lipinski definition) is 3. The number of hydrogen-bond donors (Lipinski definition) is 1. The Hall–Kier alpha value is -2.89. The molecule has 24 heavy (non-hydrogen) atoms. The van der Waals surface area contributed by atoms with E-state index in [9.17, 15) is 14.0 Å². The summed E-state index contributed by atoms with van der Waals surface area (Å²) >= 11 is 0. The van der Waals surface area contributed by atoms with Crippen molar-refractivity contribution in [2.75, 3.05) is 21.2 Å². The number of carbonyl (C=O) groups excluding carboxylic acids is 2. The van der Waals surface area contributed by atoms with Gasteiger partial charge in [0.25, 0.3) is 5.91 Å². The summed E-state index contributed by atoms with van der Waals surface area (Å²) in [5.74, 6) is -1.34. The lowest BCUT2D eigenvalue weighted by Gasteiger charge is -2.22. The van der Waals surface area contributed by atoms with Gasteiger partial charge >= 0.3 is 0 Å². The Morgan fingerprint density at radius 3 is 2.38 bits per heavy atom. The van der Waals surface area contributed by atoms with E-state index in [1.165, 1.54) is 24.1 Å². The summed E-state index contributed by atoms with van der Waals surface area (Å²) in [5, 5.41) is 2.69. The Balaban J connectivity index is 2.29. The van der Waals surface area contributed by atoms with E-state index >= 15 is 0 Å². The van der Waals surface area contributed by atoms with Gasteiger partial charge in [-0.25, -0.2) is 4.39 Å². The molecule has 0 heterocycles. The second-order valence-electron chi connectivity index (χ2n) is 5.40. The number of likely N-dealkylation sites (N-methyl/N-ethyl adjacent to an activating group) is 1. The van der Waals surface area contributed by atoms with Gasteiger partial charge in [-0.3, -0.25) is 9.59 Å². The molecule has 6 heteroatoms. The summed E-state index contributed by atoms with van der Waals surface area (Å²) in [6.07, 6.45) is 0. The van der Waals surface area contributed by atoms with Gasteiger partial charge in [-0.15, -0.1) is 0 Å². The fraction of sp³-hybridized carbons (Fsp3) is 0.222. The lowest BCUT2D eigenvalue weighted by Crippen LogP contribution is -2.39. The summed E-state index contributed by atoms with van der Waals surface area (Å²) in [4.78, 5) is 26.3. The van der Waals surface area contributed by atoms with Crippen molar-refractivity contribution in [1.82, 2.24) is 10.2 Å². The quantitative estimate of drug-likeness (QED) is 0.916. The van der Waals surface area contributed by atoms with Crippen LogP contribution in [0.15, 0.2) is 48.5 Å². The summed E-state index contributed by atoms with van der Waals surface area (Å²) in [5.41, 5.74) is 0.874. The monoisotopic (exact) mass is 330 g/mol. The van der Waals surface area contributed by atoms with Crippen molar-refractivity contribution >= 4 is 11.8 Å². The number of ether oxygens (including phenoxy) is 1. The third kappa shape index (κ3) is 3.90. The maximum atomic E-state index is 13.5. The molecule has 1 atom stereocenters. The minimum absolute atomic E-state index is 0.0298. The molecule has 0 fully saturated rings. The molecule has 0 spiro atoms. The van der Waals surface area contributed by atoms with Gasteiger partial charge in [0.05, 0.1) is 7.11 Å². The minimum Gasteiger partial charge on any atom is -0.494 e. The first-order chi connectivity index (χ1) is 11.4. The van der Waals surface area contributed by atoms with Gasteiger partial charge in [-0.1, -0.05) is 30.3 Å². The summed E-state index contributed by atoms with van der Waals surface area (Å²) < 4.78 is 18.4. The molecule has 0 saturated heterocycles. The highest BCUT2D eigenvalue weighted by molar-refractivity contribution is 5.98. The van der Waals surface area contributed by atoms with E-state index in [2.05, 4.69) is 5.32 Å². The third-order valence-corrected chi connectivity index (χ3v) is 3.51. The standard InChI is InChI=1S/C18H19FN2O3/c1-21(2)18(23)16(12-7-5-4-6-8-12)20-17(22)13-9-10-14(19)15(11-13)24-3/h4-11,16H,1-3H3,(H,20,22)/t16-/m0/s1. The number of carbonyl (C=O) groups is 2. The van der Waals surface area contributed by atoms with Crippen LogP contribution in [0.5, 0.6) is 5.75 Å². The van der Waals surface area contributed by atoms with Gasteiger partial charge in [-0.2, -0.15) is 0 Å². The first-order valence-corrected chi connectivity index (χ1v) is 7.34. The Kier molecular flexibility index (Phi) is 5.52.